The van der Waals surface area contributed by atoms with Gasteiger partial charge in [0.2, 0.25) is 16.0 Å². The maximum Gasteiger partial charge on any atom is 0.326 e. The predicted octanol–water partition coefficient (Wildman–Crippen LogP) is 3.13. The van der Waals surface area contributed by atoms with Crippen LogP contribution in [0.15, 0.2) is 82.6 Å². The van der Waals surface area contributed by atoms with Gasteiger partial charge in [-0.3, -0.25) is 4.57 Å². The first-order chi connectivity index (χ1) is 16.9. The van der Waals surface area contributed by atoms with E-state index >= 15 is 0 Å². The van der Waals surface area contributed by atoms with Crippen LogP contribution in [-0.2, 0) is 16.6 Å². The summed E-state index contributed by atoms with van der Waals surface area (Å²) >= 11 is 0. The molecule has 11 heteroatoms. The van der Waals surface area contributed by atoms with Crippen LogP contribution in [0.4, 0.5) is 11.6 Å². The number of nitrogens with one attached hydrogen (secondary N) is 2. The minimum atomic E-state index is -3.76. The van der Waals surface area contributed by atoms with Crippen molar-refractivity contribution in [2.45, 2.75) is 17.9 Å². The van der Waals surface area contributed by atoms with Gasteiger partial charge in [0.05, 0.1) is 22.5 Å². The molecule has 0 aliphatic carbocycles. The molecule has 0 spiro atoms. The fourth-order valence-corrected chi connectivity index (χ4v) is 4.31. The average Bonchev–Trinajstić information content (AvgIpc) is 3.16. The molecule has 2 heterocycles. The molecule has 5 aromatic rings. The number of fused-ring (bicyclic) bond motifs is 2. The lowest BCUT2D eigenvalue weighted by atomic mass is 10.2. The number of rotatable bonds is 8. The number of sulfonamides is 1. The first kappa shape index (κ1) is 22.6. The van der Waals surface area contributed by atoms with Crippen molar-refractivity contribution in [3.63, 3.8) is 0 Å². The summed E-state index contributed by atoms with van der Waals surface area (Å²) in [5, 5.41) is 9.01. The second-order valence-electron chi connectivity index (χ2n) is 7.88. The Morgan fingerprint density at radius 1 is 1.03 bits per heavy atom. The van der Waals surface area contributed by atoms with E-state index < -0.39 is 10.0 Å². The average molecular weight is 491 g/mol. The molecule has 5 rings (SSSR count). The van der Waals surface area contributed by atoms with Crippen molar-refractivity contribution in [2.24, 2.45) is 5.14 Å². The number of anilines is 2. The topological polar surface area (TPSA) is 145 Å². The van der Waals surface area contributed by atoms with E-state index in [4.69, 9.17) is 9.88 Å². The Balaban J connectivity index is 1.29. The smallest absolute Gasteiger partial charge is 0.326 e. The number of nitrogens with zero attached hydrogens (tertiary/aromatic N) is 3. The van der Waals surface area contributed by atoms with Gasteiger partial charge in [0.15, 0.2) is 0 Å². The molecule has 0 atom stereocenters. The fraction of sp³-hybridized carbons (Fsp3) is 0.125. The number of aromatic nitrogens is 4. The minimum Gasteiger partial charge on any atom is -0.491 e. The zero-order valence-electron chi connectivity index (χ0n) is 18.5. The molecule has 3 aromatic carbocycles. The van der Waals surface area contributed by atoms with Gasteiger partial charge in [0, 0.05) is 23.8 Å². The van der Waals surface area contributed by atoms with Crippen molar-refractivity contribution >= 4 is 43.6 Å². The maximum absolute atomic E-state index is 12.2. The van der Waals surface area contributed by atoms with Crippen molar-refractivity contribution in [3.8, 4) is 5.75 Å². The highest BCUT2D eigenvalue weighted by Gasteiger charge is 2.10. The van der Waals surface area contributed by atoms with Crippen LogP contribution in [0.3, 0.4) is 0 Å². The first-order valence-corrected chi connectivity index (χ1v) is 12.4. The Morgan fingerprint density at radius 3 is 2.63 bits per heavy atom. The Morgan fingerprint density at radius 2 is 1.83 bits per heavy atom. The van der Waals surface area contributed by atoms with Crippen molar-refractivity contribution in [2.75, 3.05) is 11.9 Å². The largest absolute Gasteiger partial charge is 0.491 e. The van der Waals surface area contributed by atoms with E-state index in [1.165, 1.54) is 12.1 Å². The number of ether oxygens (including phenoxy) is 1. The van der Waals surface area contributed by atoms with E-state index in [9.17, 15) is 13.2 Å². The Hall–Kier alpha value is -4.22. The molecule has 4 N–H and O–H groups in total. The third-order valence-corrected chi connectivity index (χ3v) is 6.41. The molecule has 0 saturated carbocycles. The number of imidazole rings is 1. The Kier molecular flexibility index (Phi) is 5.93. The zero-order valence-corrected chi connectivity index (χ0v) is 19.3. The Labute approximate surface area is 200 Å². The number of para-hydroxylation sites is 3. The zero-order chi connectivity index (χ0) is 24.4. The van der Waals surface area contributed by atoms with Gasteiger partial charge in [-0.1, -0.05) is 24.3 Å². The van der Waals surface area contributed by atoms with Crippen LogP contribution < -0.4 is 20.9 Å². The lowest BCUT2D eigenvalue weighted by Gasteiger charge is -2.11. The van der Waals surface area contributed by atoms with E-state index in [2.05, 4.69) is 20.3 Å². The number of primary sulfonamides is 1. The lowest BCUT2D eigenvalue weighted by molar-refractivity contribution is 0.304. The number of hydrogen-bond donors (Lipinski definition) is 3. The fourth-order valence-electron chi connectivity index (χ4n) is 3.80. The predicted molar refractivity (Wildman–Crippen MR) is 133 cm³/mol. The lowest BCUT2D eigenvalue weighted by Crippen LogP contribution is -2.18. The second kappa shape index (κ2) is 9.20. The highest BCUT2D eigenvalue weighted by atomic mass is 32.2. The molecule has 0 fully saturated rings. The van der Waals surface area contributed by atoms with Crippen LogP contribution >= 0.6 is 0 Å². The molecule has 0 unspecified atom stereocenters. The molecule has 0 aliphatic heterocycles. The van der Waals surface area contributed by atoms with E-state index in [0.29, 0.717) is 42.5 Å². The van der Waals surface area contributed by atoms with Gasteiger partial charge < -0.3 is 15.0 Å². The van der Waals surface area contributed by atoms with Gasteiger partial charge in [-0.05, 0) is 48.9 Å². The molecule has 0 bridgehead atoms. The van der Waals surface area contributed by atoms with Gasteiger partial charge in [0.25, 0.3) is 0 Å². The third kappa shape index (κ3) is 4.86. The van der Waals surface area contributed by atoms with E-state index in [1.54, 1.807) is 22.9 Å². The molecular formula is C24H22N6O4S. The molecular weight excluding hydrogens is 468 g/mol. The van der Waals surface area contributed by atoms with Gasteiger partial charge in [-0.15, -0.1) is 0 Å². The van der Waals surface area contributed by atoms with Crippen molar-refractivity contribution in [1.82, 2.24) is 19.5 Å². The summed E-state index contributed by atoms with van der Waals surface area (Å²) in [6.07, 6.45) is 2.31. The highest BCUT2D eigenvalue weighted by Crippen LogP contribution is 2.25. The van der Waals surface area contributed by atoms with E-state index in [-0.39, 0.29) is 10.6 Å². The van der Waals surface area contributed by atoms with Crippen LogP contribution in [0.2, 0.25) is 0 Å². The van der Waals surface area contributed by atoms with Gasteiger partial charge in [0.1, 0.15) is 11.3 Å². The molecule has 35 heavy (non-hydrogen) atoms. The van der Waals surface area contributed by atoms with Crippen LogP contribution in [0.1, 0.15) is 6.42 Å². The summed E-state index contributed by atoms with van der Waals surface area (Å²) in [4.78, 5) is 24.0. The van der Waals surface area contributed by atoms with Gasteiger partial charge in [-0.2, -0.15) is 0 Å². The second-order valence-corrected chi connectivity index (χ2v) is 9.44. The number of benzene rings is 3. The van der Waals surface area contributed by atoms with Crippen molar-refractivity contribution < 1.29 is 13.2 Å². The third-order valence-electron chi connectivity index (χ3n) is 5.48. The standard InChI is InChI=1S/C24H22N6O4S/c25-35(32,33)18-11-9-17(10-12-18)27-23-26-15-16-5-3-8-21(22(16)29-23)34-14-4-13-30-20-7-2-1-6-19(20)28-24(30)31/h1-3,5-12,15H,4,13-14H2,(H,28,31)(H2,25,32,33)(H,26,27,29). The molecule has 10 nitrogen and oxygen atoms in total. The molecule has 0 saturated heterocycles. The van der Waals surface area contributed by atoms with Gasteiger partial charge in [-0.25, -0.2) is 28.3 Å². The van der Waals surface area contributed by atoms with Crippen molar-refractivity contribution in [3.05, 3.63) is 83.4 Å². The number of nitrogens with two attached hydrogens (primary N) is 1. The molecule has 0 amide bonds. The Bertz CT molecular complexity index is 1680. The molecule has 178 valence electrons. The number of hydrogen-bond acceptors (Lipinski definition) is 7. The molecule has 2 aromatic heterocycles. The van der Waals surface area contributed by atoms with Crippen LogP contribution in [0.5, 0.6) is 5.75 Å². The molecule has 0 radical (unpaired) electrons. The summed E-state index contributed by atoms with van der Waals surface area (Å²) in [6.45, 7) is 0.913. The number of aryl methyl sites for hydroxylation is 1. The van der Waals surface area contributed by atoms with Crippen LogP contribution in [0, 0.1) is 0 Å². The number of H-pyrrole nitrogens is 1. The minimum absolute atomic E-state index is 0.0214. The normalized spacial score (nSPS) is 11.7. The summed E-state index contributed by atoms with van der Waals surface area (Å²) in [6, 6.07) is 19.1. The molecule has 0 aliphatic rings. The summed E-state index contributed by atoms with van der Waals surface area (Å²) in [5.74, 6) is 0.936. The van der Waals surface area contributed by atoms with Crippen molar-refractivity contribution in [1.29, 1.82) is 0 Å². The highest BCUT2D eigenvalue weighted by molar-refractivity contribution is 7.89. The van der Waals surface area contributed by atoms with Crippen LogP contribution in [-0.4, -0.2) is 34.5 Å². The quantitative estimate of drug-likeness (QED) is 0.283. The number of aromatic amines is 1. The maximum atomic E-state index is 12.2. The first-order valence-electron chi connectivity index (χ1n) is 10.8. The van der Waals surface area contributed by atoms with Crippen LogP contribution in [0.25, 0.3) is 21.9 Å². The summed E-state index contributed by atoms with van der Waals surface area (Å²) in [5.41, 5.74) is 2.78. The van der Waals surface area contributed by atoms with Gasteiger partial charge >= 0.3 is 5.69 Å². The monoisotopic (exact) mass is 490 g/mol. The summed E-state index contributed by atoms with van der Waals surface area (Å²) < 4.78 is 30.6. The van der Waals surface area contributed by atoms with E-state index in [0.717, 1.165) is 16.4 Å². The van der Waals surface area contributed by atoms with E-state index in [1.807, 2.05) is 42.5 Å². The summed E-state index contributed by atoms with van der Waals surface area (Å²) in [7, 11) is -3.76. The SMILES string of the molecule is NS(=O)(=O)c1ccc(Nc2ncc3cccc(OCCCn4c(=O)[nH]c5ccccc54)c3n2)cc1.